The quantitative estimate of drug-likeness (QED) is 0.423. The molecule has 1 aromatic carbocycles. The summed E-state index contributed by atoms with van der Waals surface area (Å²) >= 11 is 12.8. The summed E-state index contributed by atoms with van der Waals surface area (Å²) in [5.41, 5.74) is 1.63. The number of nitrogens with one attached hydrogen (secondary N) is 1. The second kappa shape index (κ2) is 11.5. The van der Waals surface area contributed by atoms with Gasteiger partial charge in [0, 0.05) is 18.9 Å². The highest BCUT2D eigenvalue weighted by atomic mass is 35.5. The molecule has 2 rings (SSSR count). The minimum absolute atomic E-state index is 0.135. The van der Waals surface area contributed by atoms with Crippen LogP contribution in [0.2, 0.25) is 10.0 Å². The van der Waals surface area contributed by atoms with E-state index in [0.717, 1.165) is 0 Å². The minimum Gasteiger partial charge on any atom is -0.466 e. The maximum atomic E-state index is 13.2. The van der Waals surface area contributed by atoms with Gasteiger partial charge in [-0.2, -0.15) is 0 Å². The maximum absolute atomic E-state index is 13.2. The van der Waals surface area contributed by atoms with Crippen molar-refractivity contribution in [2.75, 3.05) is 26.9 Å². The van der Waals surface area contributed by atoms with Crippen molar-refractivity contribution >= 4 is 35.1 Å². The lowest BCUT2D eigenvalue weighted by atomic mass is 9.80. The van der Waals surface area contributed by atoms with Crippen molar-refractivity contribution in [1.29, 1.82) is 0 Å². The molecular formula is C22H27Cl2NO6. The van der Waals surface area contributed by atoms with Crippen molar-refractivity contribution in [3.8, 4) is 0 Å². The molecule has 170 valence electrons. The Bertz CT molecular complexity index is 890. The summed E-state index contributed by atoms with van der Waals surface area (Å²) in [4.78, 5) is 26.0. The molecule has 0 radical (unpaired) electrons. The normalized spacial score (nSPS) is 16.5. The molecule has 0 saturated heterocycles. The SMILES string of the molecule is CCOC(=O)C1=C(C(OCC)OCC)NC(C)=C(C(=O)OC)C1c1cccc(Cl)c1Cl. The number of methoxy groups -OCH3 is 1. The van der Waals surface area contributed by atoms with Crippen LogP contribution in [-0.4, -0.2) is 45.2 Å². The molecular weight excluding hydrogens is 445 g/mol. The van der Waals surface area contributed by atoms with Gasteiger partial charge in [-0.3, -0.25) is 0 Å². The van der Waals surface area contributed by atoms with E-state index in [4.69, 9.17) is 42.1 Å². The highest BCUT2D eigenvalue weighted by molar-refractivity contribution is 6.42. The van der Waals surface area contributed by atoms with Crippen LogP contribution in [0.1, 0.15) is 39.2 Å². The molecule has 0 aliphatic carbocycles. The Morgan fingerprint density at radius 2 is 1.68 bits per heavy atom. The van der Waals surface area contributed by atoms with Gasteiger partial charge in [-0.05, 0) is 39.3 Å². The fraction of sp³-hybridized carbons (Fsp3) is 0.455. The van der Waals surface area contributed by atoms with Gasteiger partial charge in [0.2, 0.25) is 0 Å². The van der Waals surface area contributed by atoms with Gasteiger partial charge < -0.3 is 24.3 Å². The van der Waals surface area contributed by atoms with Gasteiger partial charge in [0.05, 0.1) is 46.5 Å². The summed E-state index contributed by atoms with van der Waals surface area (Å²) in [6.07, 6.45) is -0.885. The van der Waals surface area contributed by atoms with Crippen LogP contribution >= 0.6 is 23.2 Å². The number of hydrogen-bond donors (Lipinski definition) is 1. The lowest BCUT2D eigenvalue weighted by Crippen LogP contribution is -2.39. The number of hydrogen-bond acceptors (Lipinski definition) is 7. The number of carbonyl (C=O) groups excluding carboxylic acids is 2. The van der Waals surface area contributed by atoms with Gasteiger partial charge in [-0.15, -0.1) is 0 Å². The van der Waals surface area contributed by atoms with Gasteiger partial charge in [-0.25, -0.2) is 9.59 Å². The molecule has 1 aromatic rings. The first-order chi connectivity index (χ1) is 14.8. The Labute approximate surface area is 192 Å². The zero-order valence-electron chi connectivity index (χ0n) is 18.2. The van der Waals surface area contributed by atoms with Crippen LogP contribution in [-0.2, 0) is 28.5 Å². The first-order valence-electron chi connectivity index (χ1n) is 9.96. The van der Waals surface area contributed by atoms with Crippen LogP contribution in [0.15, 0.2) is 40.7 Å². The van der Waals surface area contributed by atoms with Crippen LogP contribution in [0.4, 0.5) is 0 Å². The molecule has 1 atom stereocenters. The zero-order chi connectivity index (χ0) is 23.1. The second-order valence-electron chi connectivity index (χ2n) is 6.52. The predicted octanol–water partition coefficient (Wildman–Crippen LogP) is 4.34. The number of benzene rings is 1. The molecule has 1 aliphatic heterocycles. The average Bonchev–Trinajstić information content (AvgIpc) is 2.74. The van der Waals surface area contributed by atoms with Crippen molar-refractivity contribution < 1.29 is 28.5 Å². The monoisotopic (exact) mass is 471 g/mol. The van der Waals surface area contributed by atoms with E-state index in [1.807, 2.05) is 13.8 Å². The molecule has 0 fully saturated rings. The Balaban J connectivity index is 2.86. The second-order valence-corrected chi connectivity index (χ2v) is 7.31. The van der Waals surface area contributed by atoms with E-state index in [-0.39, 0.29) is 27.8 Å². The van der Waals surface area contributed by atoms with Crippen LogP contribution in [0, 0.1) is 0 Å². The van der Waals surface area contributed by atoms with Gasteiger partial charge >= 0.3 is 11.9 Å². The molecule has 0 spiro atoms. The zero-order valence-corrected chi connectivity index (χ0v) is 19.7. The highest BCUT2D eigenvalue weighted by Crippen LogP contribution is 2.44. The van der Waals surface area contributed by atoms with Crippen molar-refractivity contribution in [2.24, 2.45) is 0 Å². The summed E-state index contributed by atoms with van der Waals surface area (Å²) in [6.45, 7) is 7.83. The number of halogens is 2. The van der Waals surface area contributed by atoms with E-state index in [0.29, 0.717) is 30.2 Å². The third-order valence-corrected chi connectivity index (χ3v) is 5.49. The standard InChI is InChI=1S/C22H27Cl2NO6/c1-6-29-21(27)17-16(13-10-9-11-14(23)18(13)24)15(20(26)28-5)12(4)25-19(17)22(30-7-2)31-8-3/h9-11,16,22,25H,6-8H2,1-5H3. The Hall–Kier alpha value is -2.06. The summed E-state index contributed by atoms with van der Waals surface area (Å²) in [6, 6.07) is 5.02. The molecule has 0 aromatic heterocycles. The highest BCUT2D eigenvalue weighted by Gasteiger charge is 2.42. The molecule has 1 heterocycles. The van der Waals surface area contributed by atoms with E-state index in [1.165, 1.54) is 7.11 Å². The van der Waals surface area contributed by atoms with Crippen LogP contribution < -0.4 is 5.32 Å². The Morgan fingerprint density at radius 1 is 1.03 bits per heavy atom. The topological polar surface area (TPSA) is 83.1 Å². The van der Waals surface area contributed by atoms with Crippen molar-refractivity contribution in [3.05, 3.63) is 56.3 Å². The number of carbonyl (C=O) groups is 2. The third-order valence-electron chi connectivity index (χ3n) is 4.66. The van der Waals surface area contributed by atoms with E-state index < -0.39 is 24.1 Å². The Kier molecular flexibility index (Phi) is 9.37. The van der Waals surface area contributed by atoms with Gasteiger partial charge in [0.1, 0.15) is 0 Å². The van der Waals surface area contributed by atoms with Gasteiger partial charge in [-0.1, -0.05) is 35.3 Å². The van der Waals surface area contributed by atoms with Crippen molar-refractivity contribution in [1.82, 2.24) is 5.32 Å². The smallest absolute Gasteiger partial charge is 0.336 e. The first-order valence-corrected chi connectivity index (χ1v) is 10.7. The summed E-state index contributed by atoms with van der Waals surface area (Å²) in [5.74, 6) is -2.15. The van der Waals surface area contributed by atoms with Gasteiger partial charge in [0.15, 0.2) is 6.29 Å². The molecule has 7 nitrogen and oxygen atoms in total. The molecule has 31 heavy (non-hydrogen) atoms. The third kappa shape index (κ3) is 5.41. The number of esters is 2. The predicted molar refractivity (Wildman–Crippen MR) is 118 cm³/mol. The number of ether oxygens (including phenoxy) is 4. The van der Waals surface area contributed by atoms with E-state index in [1.54, 1.807) is 32.0 Å². The lowest BCUT2D eigenvalue weighted by molar-refractivity contribution is -0.141. The van der Waals surface area contributed by atoms with Crippen LogP contribution in [0.3, 0.4) is 0 Å². The lowest BCUT2D eigenvalue weighted by Gasteiger charge is -2.34. The van der Waals surface area contributed by atoms with Crippen molar-refractivity contribution in [3.63, 3.8) is 0 Å². The maximum Gasteiger partial charge on any atom is 0.336 e. The molecule has 1 unspecified atom stereocenters. The van der Waals surface area contributed by atoms with E-state index >= 15 is 0 Å². The summed E-state index contributed by atoms with van der Waals surface area (Å²) < 4.78 is 21.8. The first kappa shape index (κ1) is 25.2. The fourth-order valence-corrected chi connectivity index (χ4v) is 3.85. The average molecular weight is 472 g/mol. The van der Waals surface area contributed by atoms with Crippen LogP contribution in [0.25, 0.3) is 0 Å². The van der Waals surface area contributed by atoms with Crippen molar-refractivity contribution in [2.45, 2.75) is 39.9 Å². The largest absolute Gasteiger partial charge is 0.466 e. The van der Waals surface area contributed by atoms with Gasteiger partial charge in [0.25, 0.3) is 0 Å². The number of allylic oxidation sites excluding steroid dienone is 1. The summed E-state index contributed by atoms with van der Waals surface area (Å²) in [5, 5.41) is 3.61. The van der Waals surface area contributed by atoms with E-state index in [2.05, 4.69) is 5.32 Å². The number of rotatable bonds is 9. The van der Waals surface area contributed by atoms with E-state index in [9.17, 15) is 9.59 Å². The molecule has 1 aliphatic rings. The molecule has 0 bridgehead atoms. The molecule has 0 amide bonds. The summed E-state index contributed by atoms with van der Waals surface area (Å²) in [7, 11) is 1.27. The Morgan fingerprint density at radius 3 is 2.23 bits per heavy atom. The van der Waals surface area contributed by atoms with Crippen LogP contribution in [0.5, 0.6) is 0 Å². The fourth-order valence-electron chi connectivity index (χ4n) is 3.43. The molecule has 1 N–H and O–H groups in total. The molecule has 0 saturated carbocycles. The number of dihydropyridines is 1. The molecule has 9 heteroatoms. The minimum atomic E-state index is -0.905.